The van der Waals surface area contributed by atoms with E-state index in [1.165, 1.54) is 0 Å². The summed E-state index contributed by atoms with van der Waals surface area (Å²) in [5.41, 5.74) is 9.69. The zero-order valence-electron chi connectivity index (χ0n) is 14.9. The van der Waals surface area contributed by atoms with Gasteiger partial charge in [0.1, 0.15) is 12.1 Å². The summed E-state index contributed by atoms with van der Waals surface area (Å²) in [4.78, 5) is 11.0. The van der Waals surface area contributed by atoms with Crippen molar-refractivity contribution in [2.45, 2.75) is 25.0 Å². The van der Waals surface area contributed by atoms with Crippen molar-refractivity contribution in [2.24, 2.45) is 5.73 Å². The number of carboxylic acids is 1. The lowest BCUT2D eigenvalue weighted by Crippen LogP contribution is -2.32. The number of hydrogen-bond acceptors (Lipinski definition) is 5. The number of carbonyl (C=O) groups is 1. The van der Waals surface area contributed by atoms with Crippen molar-refractivity contribution >= 4 is 5.97 Å². The minimum atomic E-state index is -1.01. The molecule has 3 rings (SSSR count). The van der Waals surface area contributed by atoms with Gasteiger partial charge < -0.3 is 25.1 Å². The SMILES string of the molecule is COc1cc2c(cc1OC)C(c1cccc(C[C@H](N)C(=O)O)c1)OCC2. The zero-order valence-corrected chi connectivity index (χ0v) is 14.9. The number of methoxy groups -OCH3 is 2. The van der Waals surface area contributed by atoms with Crippen molar-refractivity contribution in [1.29, 1.82) is 0 Å². The van der Waals surface area contributed by atoms with Crippen molar-refractivity contribution in [3.8, 4) is 11.5 Å². The molecule has 1 heterocycles. The summed E-state index contributed by atoms with van der Waals surface area (Å²) in [5, 5.41) is 9.02. The highest BCUT2D eigenvalue weighted by atomic mass is 16.5. The molecule has 0 saturated heterocycles. The van der Waals surface area contributed by atoms with E-state index < -0.39 is 12.0 Å². The molecule has 2 aromatic carbocycles. The second-order valence-electron chi connectivity index (χ2n) is 6.30. The standard InChI is InChI=1S/C20H23NO5/c1-24-17-10-13-6-7-26-19(15(13)11-18(17)25-2)14-5-3-4-12(8-14)9-16(21)20(22)23/h3-5,8,10-11,16,19H,6-7,9,21H2,1-2H3,(H,22,23)/t16-,19?/m0/s1. The molecule has 138 valence electrons. The van der Waals surface area contributed by atoms with Crippen LogP contribution in [0.3, 0.4) is 0 Å². The first-order chi connectivity index (χ1) is 12.5. The van der Waals surface area contributed by atoms with Crippen LogP contribution in [0.2, 0.25) is 0 Å². The van der Waals surface area contributed by atoms with Crippen LogP contribution < -0.4 is 15.2 Å². The summed E-state index contributed by atoms with van der Waals surface area (Å²) in [5.74, 6) is 0.352. The molecule has 0 bridgehead atoms. The largest absolute Gasteiger partial charge is 0.493 e. The average Bonchev–Trinajstić information content (AvgIpc) is 2.66. The van der Waals surface area contributed by atoms with Gasteiger partial charge in [0.2, 0.25) is 0 Å². The highest BCUT2D eigenvalue weighted by Crippen LogP contribution is 2.39. The van der Waals surface area contributed by atoms with Gasteiger partial charge in [0.25, 0.3) is 0 Å². The van der Waals surface area contributed by atoms with Crippen molar-refractivity contribution in [3.05, 3.63) is 58.7 Å². The fraction of sp³-hybridized carbons (Fsp3) is 0.350. The molecule has 1 unspecified atom stereocenters. The predicted molar refractivity (Wildman–Crippen MR) is 96.8 cm³/mol. The van der Waals surface area contributed by atoms with E-state index in [9.17, 15) is 4.79 Å². The van der Waals surface area contributed by atoms with Gasteiger partial charge in [0, 0.05) is 0 Å². The highest BCUT2D eigenvalue weighted by Gasteiger charge is 2.25. The Labute approximate surface area is 152 Å². The normalized spacial score (nSPS) is 17.3. The fourth-order valence-electron chi connectivity index (χ4n) is 3.27. The summed E-state index contributed by atoms with van der Waals surface area (Å²) < 4.78 is 16.8. The van der Waals surface area contributed by atoms with E-state index in [0.29, 0.717) is 18.1 Å². The number of carboxylic acid groups (broad SMARTS) is 1. The molecule has 0 aliphatic carbocycles. The Balaban J connectivity index is 1.95. The van der Waals surface area contributed by atoms with Gasteiger partial charge in [-0.15, -0.1) is 0 Å². The van der Waals surface area contributed by atoms with Crippen LogP contribution in [0.4, 0.5) is 0 Å². The van der Waals surface area contributed by atoms with Crippen molar-refractivity contribution in [2.75, 3.05) is 20.8 Å². The van der Waals surface area contributed by atoms with Crippen LogP contribution in [0.5, 0.6) is 11.5 Å². The van der Waals surface area contributed by atoms with Crippen LogP contribution in [0.25, 0.3) is 0 Å². The molecule has 0 spiro atoms. The first-order valence-electron chi connectivity index (χ1n) is 8.47. The molecular formula is C20H23NO5. The van der Waals surface area contributed by atoms with Gasteiger partial charge in [-0.3, -0.25) is 4.79 Å². The maximum absolute atomic E-state index is 11.0. The summed E-state index contributed by atoms with van der Waals surface area (Å²) in [6.07, 6.45) is 0.837. The van der Waals surface area contributed by atoms with Gasteiger partial charge in [-0.1, -0.05) is 24.3 Å². The Hall–Kier alpha value is -2.57. The smallest absolute Gasteiger partial charge is 0.320 e. The summed E-state index contributed by atoms with van der Waals surface area (Å²) in [7, 11) is 3.23. The zero-order chi connectivity index (χ0) is 18.7. The molecule has 6 nitrogen and oxygen atoms in total. The van der Waals surface area contributed by atoms with Crippen LogP contribution in [-0.4, -0.2) is 37.9 Å². The van der Waals surface area contributed by atoms with Gasteiger partial charge in [-0.05, 0) is 47.2 Å². The molecule has 0 fully saturated rings. The van der Waals surface area contributed by atoms with E-state index in [1.54, 1.807) is 14.2 Å². The molecular weight excluding hydrogens is 334 g/mol. The lowest BCUT2D eigenvalue weighted by Gasteiger charge is -2.28. The van der Waals surface area contributed by atoms with Gasteiger partial charge in [-0.2, -0.15) is 0 Å². The predicted octanol–water partition coefficient (Wildman–Crippen LogP) is 2.32. The van der Waals surface area contributed by atoms with Crippen molar-refractivity contribution in [3.63, 3.8) is 0 Å². The highest BCUT2D eigenvalue weighted by molar-refractivity contribution is 5.73. The Bertz CT molecular complexity index is 805. The molecule has 1 aliphatic heterocycles. The quantitative estimate of drug-likeness (QED) is 0.824. The molecule has 3 N–H and O–H groups in total. The topological polar surface area (TPSA) is 91.0 Å². The van der Waals surface area contributed by atoms with E-state index in [1.807, 2.05) is 36.4 Å². The summed E-state index contributed by atoms with van der Waals surface area (Å²) in [6, 6.07) is 10.7. The number of nitrogens with two attached hydrogens (primary N) is 1. The maximum Gasteiger partial charge on any atom is 0.320 e. The Morgan fingerprint density at radius 1 is 1.27 bits per heavy atom. The third-order valence-corrected chi connectivity index (χ3v) is 4.61. The molecule has 2 atom stereocenters. The lowest BCUT2D eigenvalue weighted by molar-refractivity contribution is -0.138. The van der Waals surface area contributed by atoms with E-state index in [4.69, 9.17) is 25.1 Å². The Morgan fingerprint density at radius 2 is 2.00 bits per heavy atom. The molecule has 0 radical (unpaired) electrons. The third kappa shape index (κ3) is 3.66. The Morgan fingerprint density at radius 3 is 2.69 bits per heavy atom. The average molecular weight is 357 g/mol. The first kappa shape index (κ1) is 18.2. The number of fused-ring (bicyclic) bond motifs is 1. The molecule has 0 saturated carbocycles. The second kappa shape index (κ2) is 7.76. The molecule has 1 aliphatic rings. The van der Waals surface area contributed by atoms with Crippen molar-refractivity contribution < 1.29 is 24.1 Å². The third-order valence-electron chi connectivity index (χ3n) is 4.61. The van der Waals surface area contributed by atoms with Gasteiger partial charge in [-0.25, -0.2) is 0 Å². The molecule has 0 amide bonds. The number of hydrogen-bond donors (Lipinski definition) is 2. The van der Waals surface area contributed by atoms with Crippen LogP contribution >= 0.6 is 0 Å². The monoisotopic (exact) mass is 357 g/mol. The van der Waals surface area contributed by atoms with E-state index in [2.05, 4.69) is 0 Å². The number of ether oxygens (including phenoxy) is 3. The van der Waals surface area contributed by atoms with E-state index in [-0.39, 0.29) is 12.5 Å². The summed E-state index contributed by atoms with van der Waals surface area (Å²) in [6.45, 7) is 0.603. The minimum Gasteiger partial charge on any atom is -0.493 e. The van der Waals surface area contributed by atoms with Gasteiger partial charge in [0.15, 0.2) is 11.5 Å². The molecule has 0 aromatic heterocycles. The maximum atomic E-state index is 11.0. The number of benzene rings is 2. The fourth-order valence-corrected chi connectivity index (χ4v) is 3.27. The van der Waals surface area contributed by atoms with Crippen LogP contribution in [0, 0.1) is 0 Å². The Kier molecular flexibility index (Phi) is 5.44. The minimum absolute atomic E-state index is 0.237. The van der Waals surface area contributed by atoms with Crippen LogP contribution in [0.15, 0.2) is 36.4 Å². The molecule has 2 aromatic rings. The van der Waals surface area contributed by atoms with Crippen LogP contribution in [0.1, 0.15) is 28.4 Å². The van der Waals surface area contributed by atoms with Crippen molar-refractivity contribution in [1.82, 2.24) is 0 Å². The summed E-state index contributed by atoms with van der Waals surface area (Å²) >= 11 is 0. The number of rotatable bonds is 6. The second-order valence-corrected chi connectivity index (χ2v) is 6.30. The molecule has 6 heteroatoms. The van der Waals surface area contributed by atoms with Crippen LogP contribution in [-0.2, 0) is 22.4 Å². The first-order valence-corrected chi connectivity index (χ1v) is 8.47. The van der Waals surface area contributed by atoms with Gasteiger partial charge in [0.05, 0.1) is 20.8 Å². The van der Waals surface area contributed by atoms with E-state index in [0.717, 1.165) is 28.7 Å². The molecule has 26 heavy (non-hydrogen) atoms. The number of aliphatic carboxylic acids is 1. The van der Waals surface area contributed by atoms with Gasteiger partial charge >= 0.3 is 5.97 Å². The lowest BCUT2D eigenvalue weighted by atomic mass is 9.91. The van der Waals surface area contributed by atoms with E-state index >= 15 is 0 Å².